The fourth-order valence-corrected chi connectivity index (χ4v) is 1.65. The summed E-state index contributed by atoms with van der Waals surface area (Å²) in [5.74, 6) is 0.831. The molecule has 1 fully saturated rings. The third-order valence-electron chi connectivity index (χ3n) is 2.81. The highest BCUT2D eigenvalue weighted by Crippen LogP contribution is 2.31. The van der Waals surface area contributed by atoms with E-state index in [1.165, 1.54) is 12.8 Å². The summed E-state index contributed by atoms with van der Waals surface area (Å²) in [5, 5.41) is 0. The lowest BCUT2D eigenvalue weighted by atomic mass is 10.1. The van der Waals surface area contributed by atoms with Crippen molar-refractivity contribution < 1.29 is 0 Å². The lowest BCUT2D eigenvalue weighted by Crippen LogP contribution is -2.42. The maximum atomic E-state index is 6.05. The predicted molar refractivity (Wildman–Crippen MR) is 53.1 cm³/mol. The highest BCUT2D eigenvalue weighted by Gasteiger charge is 2.29. The van der Waals surface area contributed by atoms with Gasteiger partial charge >= 0.3 is 0 Å². The zero-order valence-electron chi connectivity index (χ0n) is 8.59. The average molecular weight is 170 g/mol. The van der Waals surface area contributed by atoms with E-state index >= 15 is 0 Å². The van der Waals surface area contributed by atoms with Crippen LogP contribution >= 0.6 is 0 Å². The minimum atomic E-state index is 0.423. The molecule has 1 atom stereocenters. The summed E-state index contributed by atoms with van der Waals surface area (Å²) in [5.41, 5.74) is 6.05. The topological polar surface area (TPSA) is 29.3 Å². The van der Waals surface area contributed by atoms with E-state index < -0.39 is 0 Å². The number of hydrogen-bond donors (Lipinski definition) is 1. The Balaban J connectivity index is 2.25. The van der Waals surface area contributed by atoms with Gasteiger partial charge in [0, 0.05) is 18.6 Å². The van der Waals surface area contributed by atoms with Crippen LogP contribution in [-0.2, 0) is 0 Å². The quantitative estimate of drug-likeness (QED) is 0.676. The Morgan fingerprint density at radius 2 is 2.00 bits per heavy atom. The first kappa shape index (κ1) is 10.0. The first-order chi connectivity index (χ1) is 5.65. The Morgan fingerprint density at radius 3 is 2.33 bits per heavy atom. The fraction of sp³-hybridized carbons (Fsp3) is 1.00. The summed E-state index contributed by atoms with van der Waals surface area (Å²) >= 11 is 0. The SMILES string of the molecule is CCN(CC(N)C1CC1)C(C)C. The van der Waals surface area contributed by atoms with Crippen LogP contribution in [-0.4, -0.2) is 30.1 Å². The molecule has 1 unspecified atom stereocenters. The molecule has 1 rings (SSSR count). The minimum absolute atomic E-state index is 0.423. The summed E-state index contributed by atoms with van der Waals surface area (Å²) in [6.45, 7) is 8.89. The highest BCUT2D eigenvalue weighted by molar-refractivity contribution is 4.86. The Hall–Kier alpha value is -0.0800. The van der Waals surface area contributed by atoms with Gasteiger partial charge < -0.3 is 5.73 Å². The largest absolute Gasteiger partial charge is 0.326 e. The van der Waals surface area contributed by atoms with Crippen molar-refractivity contribution in [2.24, 2.45) is 11.7 Å². The lowest BCUT2D eigenvalue weighted by Gasteiger charge is -2.27. The summed E-state index contributed by atoms with van der Waals surface area (Å²) in [4.78, 5) is 2.45. The van der Waals surface area contributed by atoms with Gasteiger partial charge in [-0.25, -0.2) is 0 Å². The van der Waals surface area contributed by atoms with Crippen LogP contribution in [0.3, 0.4) is 0 Å². The van der Waals surface area contributed by atoms with Crippen LogP contribution in [0.5, 0.6) is 0 Å². The first-order valence-electron chi connectivity index (χ1n) is 5.14. The molecule has 0 bridgehead atoms. The Labute approximate surface area is 76.1 Å². The van der Waals surface area contributed by atoms with E-state index in [2.05, 4.69) is 25.7 Å². The van der Waals surface area contributed by atoms with Gasteiger partial charge in [0.1, 0.15) is 0 Å². The van der Waals surface area contributed by atoms with Gasteiger partial charge in [0.25, 0.3) is 0 Å². The van der Waals surface area contributed by atoms with E-state index in [9.17, 15) is 0 Å². The maximum Gasteiger partial charge on any atom is 0.0196 e. The molecule has 1 saturated carbocycles. The summed E-state index contributed by atoms with van der Waals surface area (Å²) in [6, 6.07) is 1.06. The Kier molecular flexibility index (Phi) is 3.53. The monoisotopic (exact) mass is 170 g/mol. The van der Waals surface area contributed by atoms with Gasteiger partial charge in [-0.3, -0.25) is 4.90 Å². The van der Waals surface area contributed by atoms with Crippen molar-refractivity contribution in [1.29, 1.82) is 0 Å². The molecule has 0 radical (unpaired) electrons. The van der Waals surface area contributed by atoms with E-state index in [0.29, 0.717) is 12.1 Å². The molecule has 0 saturated heterocycles. The molecule has 72 valence electrons. The van der Waals surface area contributed by atoms with Crippen LogP contribution in [0.4, 0.5) is 0 Å². The van der Waals surface area contributed by atoms with Crippen molar-refractivity contribution in [2.75, 3.05) is 13.1 Å². The molecule has 1 aliphatic rings. The van der Waals surface area contributed by atoms with Gasteiger partial charge in [-0.15, -0.1) is 0 Å². The minimum Gasteiger partial charge on any atom is -0.326 e. The molecule has 2 nitrogen and oxygen atoms in total. The average Bonchev–Trinajstić information content (AvgIpc) is 2.80. The second kappa shape index (κ2) is 4.24. The van der Waals surface area contributed by atoms with E-state index in [1.54, 1.807) is 0 Å². The second-order valence-electron chi connectivity index (χ2n) is 4.18. The van der Waals surface area contributed by atoms with Crippen LogP contribution < -0.4 is 5.73 Å². The second-order valence-corrected chi connectivity index (χ2v) is 4.18. The zero-order chi connectivity index (χ0) is 9.14. The molecule has 0 amide bonds. The number of nitrogens with two attached hydrogens (primary N) is 1. The van der Waals surface area contributed by atoms with Crippen molar-refractivity contribution in [3.05, 3.63) is 0 Å². The van der Waals surface area contributed by atoms with Gasteiger partial charge in [0.15, 0.2) is 0 Å². The van der Waals surface area contributed by atoms with Gasteiger partial charge in [0.2, 0.25) is 0 Å². The standard InChI is InChI=1S/C10H22N2/c1-4-12(8(2)3)7-10(11)9-5-6-9/h8-10H,4-7,11H2,1-3H3. The molecule has 0 aromatic carbocycles. The van der Waals surface area contributed by atoms with Crippen LogP contribution in [0.1, 0.15) is 33.6 Å². The molecule has 2 N–H and O–H groups in total. The van der Waals surface area contributed by atoms with Gasteiger partial charge in [-0.1, -0.05) is 6.92 Å². The molecular formula is C10H22N2. The lowest BCUT2D eigenvalue weighted by molar-refractivity contribution is 0.213. The third-order valence-corrected chi connectivity index (χ3v) is 2.81. The maximum absolute atomic E-state index is 6.05. The van der Waals surface area contributed by atoms with E-state index in [-0.39, 0.29) is 0 Å². The fourth-order valence-electron chi connectivity index (χ4n) is 1.65. The van der Waals surface area contributed by atoms with Crippen LogP contribution in [0.2, 0.25) is 0 Å². The molecule has 0 heterocycles. The number of nitrogens with zero attached hydrogens (tertiary/aromatic N) is 1. The smallest absolute Gasteiger partial charge is 0.0196 e. The van der Waals surface area contributed by atoms with Crippen molar-refractivity contribution in [3.63, 3.8) is 0 Å². The van der Waals surface area contributed by atoms with Crippen LogP contribution in [0.25, 0.3) is 0 Å². The molecule has 2 heteroatoms. The van der Waals surface area contributed by atoms with Crippen molar-refractivity contribution in [1.82, 2.24) is 4.90 Å². The van der Waals surface area contributed by atoms with Crippen LogP contribution in [0, 0.1) is 5.92 Å². The molecule has 12 heavy (non-hydrogen) atoms. The number of likely N-dealkylation sites (N-methyl/N-ethyl adjacent to an activating group) is 1. The van der Waals surface area contributed by atoms with Gasteiger partial charge in [0.05, 0.1) is 0 Å². The molecule has 0 spiro atoms. The normalized spacial score (nSPS) is 20.5. The Morgan fingerprint density at radius 1 is 1.42 bits per heavy atom. The van der Waals surface area contributed by atoms with Crippen molar-refractivity contribution in [3.8, 4) is 0 Å². The summed E-state index contributed by atoms with van der Waals surface area (Å²) < 4.78 is 0. The first-order valence-corrected chi connectivity index (χ1v) is 5.14. The van der Waals surface area contributed by atoms with E-state index in [1.807, 2.05) is 0 Å². The zero-order valence-corrected chi connectivity index (χ0v) is 8.59. The van der Waals surface area contributed by atoms with E-state index in [4.69, 9.17) is 5.73 Å². The molecule has 1 aliphatic carbocycles. The van der Waals surface area contributed by atoms with Crippen LogP contribution in [0.15, 0.2) is 0 Å². The third kappa shape index (κ3) is 2.76. The van der Waals surface area contributed by atoms with E-state index in [0.717, 1.165) is 19.0 Å². The molecule has 0 aromatic heterocycles. The number of rotatable bonds is 5. The summed E-state index contributed by atoms with van der Waals surface area (Å²) in [7, 11) is 0. The molecule has 0 aliphatic heterocycles. The van der Waals surface area contributed by atoms with Crippen molar-refractivity contribution in [2.45, 2.75) is 45.7 Å². The molecule has 0 aromatic rings. The van der Waals surface area contributed by atoms with Crippen molar-refractivity contribution >= 4 is 0 Å². The number of hydrogen-bond acceptors (Lipinski definition) is 2. The van der Waals surface area contributed by atoms with Gasteiger partial charge in [-0.05, 0) is 39.2 Å². The van der Waals surface area contributed by atoms with Gasteiger partial charge in [-0.2, -0.15) is 0 Å². The molecular weight excluding hydrogens is 148 g/mol. The Bertz CT molecular complexity index is 130. The highest BCUT2D eigenvalue weighted by atomic mass is 15.2. The predicted octanol–water partition coefficient (Wildman–Crippen LogP) is 1.45. The summed E-state index contributed by atoms with van der Waals surface area (Å²) in [6.07, 6.45) is 2.72.